The second-order valence-corrected chi connectivity index (χ2v) is 7.58. The molecule has 1 aliphatic carbocycles. The highest BCUT2D eigenvalue weighted by Gasteiger charge is 2.35. The van der Waals surface area contributed by atoms with E-state index in [9.17, 15) is 10.1 Å². The predicted molar refractivity (Wildman–Crippen MR) is 80.9 cm³/mol. The zero-order valence-corrected chi connectivity index (χ0v) is 13.2. The molecule has 2 unspecified atom stereocenters. The molecule has 1 fully saturated rings. The van der Waals surface area contributed by atoms with Gasteiger partial charge in [0, 0.05) is 5.38 Å². The zero-order valence-electron chi connectivity index (χ0n) is 12.4. The Morgan fingerprint density at radius 3 is 2.95 bits per heavy atom. The van der Waals surface area contributed by atoms with Gasteiger partial charge in [-0.25, -0.2) is 0 Å². The third-order valence-electron chi connectivity index (χ3n) is 4.00. The Labute approximate surface area is 126 Å². The summed E-state index contributed by atoms with van der Waals surface area (Å²) in [5.41, 5.74) is 0.203. The van der Waals surface area contributed by atoms with Crippen molar-refractivity contribution in [1.29, 1.82) is 0 Å². The van der Waals surface area contributed by atoms with Crippen LogP contribution in [0.25, 0.3) is 4.96 Å². The first-order valence-corrected chi connectivity index (χ1v) is 8.00. The Kier molecular flexibility index (Phi) is 3.39. The summed E-state index contributed by atoms with van der Waals surface area (Å²) in [5.74, 6) is 0.644. The lowest BCUT2D eigenvalue weighted by molar-refractivity contribution is -0.391. The first kappa shape index (κ1) is 14.3. The van der Waals surface area contributed by atoms with Gasteiger partial charge in [-0.2, -0.15) is 9.38 Å². The average molecular weight is 309 g/mol. The minimum atomic E-state index is -0.417. The highest BCUT2D eigenvalue weighted by molar-refractivity contribution is 7.15. The number of hydrogen-bond acceptors (Lipinski definition) is 5. The molecule has 1 aliphatic rings. The smallest absolute Gasteiger partial charge is 0.393 e. The Morgan fingerprint density at radius 1 is 1.52 bits per heavy atom. The van der Waals surface area contributed by atoms with Gasteiger partial charge in [-0.15, -0.1) is 0 Å². The average Bonchev–Trinajstić information content (AvgIpc) is 2.84. The molecule has 2 aromatic rings. The minimum absolute atomic E-state index is 0.00736. The molecule has 21 heavy (non-hydrogen) atoms. The standard InChI is InChI=1S/C14H19N3O3S/c1-9-6-10(8-14(2,3)7-9)20-11-12(17(18)19)16-4-5-21-13(16)15-11/h4-5,9-10H,6-8H2,1-3H3. The fourth-order valence-electron chi connectivity index (χ4n) is 3.51. The molecule has 0 aliphatic heterocycles. The summed E-state index contributed by atoms with van der Waals surface area (Å²) < 4.78 is 7.41. The van der Waals surface area contributed by atoms with Gasteiger partial charge in [0.1, 0.15) is 12.3 Å². The molecule has 0 N–H and O–H groups in total. The number of nitro groups is 1. The molecule has 0 aromatic carbocycles. The van der Waals surface area contributed by atoms with Crippen molar-refractivity contribution in [2.75, 3.05) is 0 Å². The van der Waals surface area contributed by atoms with Crippen molar-refractivity contribution >= 4 is 22.1 Å². The number of rotatable bonds is 3. The SMILES string of the molecule is CC1CC(Oc2nc3sccn3c2[N+](=O)[O-])CC(C)(C)C1. The molecular weight excluding hydrogens is 290 g/mol. The number of fused-ring (bicyclic) bond motifs is 1. The van der Waals surface area contributed by atoms with E-state index in [2.05, 4.69) is 25.8 Å². The van der Waals surface area contributed by atoms with E-state index in [0.717, 1.165) is 19.3 Å². The molecule has 2 heterocycles. The third-order valence-corrected chi connectivity index (χ3v) is 4.76. The molecule has 114 valence electrons. The molecular formula is C14H19N3O3S. The fraction of sp³-hybridized carbons (Fsp3) is 0.643. The second kappa shape index (κ2) is 4.98. The quantitative estimate of drug-likeness (QED) is 0.637. The molecule has 1 saturated carbocycles. The highest BCUT2D eigenvalue weighted by atomic mass is 32.1. The van der Waals surface area contributed by atoms with Gasteiger partial charge in [0.2, 0.25) is 0 Å². The summed E-state index contributed by atoms with van der Waals surface area (Å²) in [4.78, 5) is 15.8. The molecule has 6 nitrogen and oxygen atoms in total. The maximum Gasteiger partial charge on any atom is 0.393 e. The van der Waals surface area contributed by atoms with Gasteiger partial charge < -0.3 is 14.9 Å². The molecule has 0 amide bonds. The molecule has 2 aromatic heterocycles. The lowest BCUT2D eigenvalue weighted by atomic mass is 9.71. The van der Waals surface area contributed by atoms with Gasteiger partial charge in [0.25, 0.3) is 4.96 Å². The zero-order chi connectivity index (χ0) is 15.2. The molecule has 3 rings (SSSR count). The number of aromatic nitrogens is 2. The Balaban J connectivity index is 1.89. The summed E-state index contributed by atoms with van der Waals surface area (Å²) in [6.45, 7) is 6.65. The van der Waals surface area contributed by atoms with Crippen LogP contribution in [0.1, 0.15) is 40.0 Å². The van der Waals surface area contributed by atoms with Crippen molar-refractivity contribution in [2.45, 2.75) is 46.1 Å². The number of hydrogen-bond donors (Lipinski definition) is 0. The van der Waals surface area contributed by atoms with E-state index in [1.807, 2.05) is 0 Å². The molecule has 2 atom stereocenters. The molecule has 7 heteroatoms. The largest absolute Gasteiger partial charge is 0.468 e. The van der Waals surface area contributed by atoms with Crippen LogP contribution in [0.5, 0.6) is 5.88 Å². The van der Waals surface area contributed by atoms with Gasteiger partial charge in [-0.3, -0.25) is 0 Å². The number of ether oxygens (including phenoxy) is 1. The van der Waals surface area contributed by atoms with Crippen LogP contribution in [-0.2, 0) is 0 Å². The highest BCUT2D eigenvalue weighted by Crippen LogP contribution is 2.41. The van der Waals surface area contributed by atoms with E-state index in [1.165, 1.54) is 15.7 Å². The van der Waals surface area contributed by atoms with Gasteiger partial charge in [0.15, 0.2) is 0 Å². The van der Waals surface area contributed by atoms with Crippen LogP contribution >= 0.6 is 11.3 Å². The number of thiazole rings is 1. The van der Waals surface area contributed by atoms with Crippen molar-refractivity contribution < 1.29 is 9.66 Å². The first-order valence-electron chi connectivity index (χ1n) is 7.12. The Bertz CT molecular complexity index is 676. The molecule has 0 radical (unpaired) electrons. The number of imidazole rings is 1. The van der Waals surface area contributed by atoms with Crippen molar-refractivity contribution in [3.63, 3.8) is 0 Å². The van der Waals surface area contributed by atoms with Crippen molar-refractivity contribution in [3.05, 3.63) is 21.7 Å². The molecule has 0 spiro atoms. The predicted octanol–water partition coefficient (Wildman–Crippen LogP) is 3.90. The van der Waals surface area contributed by atoms with Crippen LogP contribution in [0.4, 0.5) is 5.82 Å². The number of nitrogens with zero attached hydrogens (tertiary/aromatic N) is 3. The van der Waals surface area contributed by atoms with E-state index >= 15 is 0 Å². The lowest BCUT2D eigenvalue weighted by Crippen LogP contribution is -2.34. The summed E-state index contributed by atoms with van der Waals surface area (Å²) >= 11 is 1.37. The van der Waals surface area contributed by atoms with Crippen LogP contribution in [0.15, 0.2) is 11.6 Å². The van der Waals surface area contributed by atoms with E-state index in [-0.39, 0.29) is 23.2 Å². The van der Waals surface area contributed by atoms with Crippen molar-refractivity contribution in [3.8, 4) is 5.88 Å². The van der Waals surface area contributed by atoms with E-state index in [1.54, 1.807) is 11.6 Å². The normalized spacial score (nSPS) is 25.1. The van der Waals surface area contributed by atoms with Crippen molar-refractivity contribution in [2.24, 2.45) is 11.3 Å². The van der Waals surface area contributed by atoms with Crippen LogP contribution in [0.2, 0.25) is 0 Å². The maximum atomic E-state index is 11.3. The van der Waals surface area contributed by atoms with E-state index < -0.39 is 4.92 Å². The topological polar surface area (TPSA) is 69.7 Å². The second-order valence-electron chi connectivity index (χ2n) is 6.71. The molecule has 0 saturated heterocycles. The van der Waals surface area contributed by atoms with E-state index in [0.29, 0.717) is 10.9 Å². The van der Waals surface area contributed by atoms with Crippen LogP contribution in [0, 0.1) is 21.4 Å². The summed E-state index contributed by atoms with van der Waals surface area (Å²) in [7, 11) is 0. The maximum absolute atomic E-state index is 11.3. The lowest BCUT2D eigenvalue weighted by Gasteiger charge is -2.38. The summed E-state index contributed by atoms with van der Waals surface area (Å²) in [6, 6.07) is 0. The Morgan fingerprint density at radius 2 is 2.29 bits per heavy atom. The van der Waals surface area contributed by atoms with Gasteiger partial charge in [-0.05, 0) is 35.5 Å². The minimum Gasteiger partial charge on any atom is -0.468 e. The molecule has 0 bridgehead atoms. The van der Waals surface area contributed by atoms with Crippen LogP contribution in [-0.4, -0.2) is 20.4 Å². The summed E-state index contributed by atoms with van der Waals surface area (Å²) in [5, 5.41) is 13.1. The van der Waals surface area contributed by atoms with Gasteiger partial charge in [-0.1, -0.05) is 32.1 Å². The Hall–Kier alpha value is -1.63. The van der Waals surface area contributed by atoms with Crippen molar-refractivity contribution in [1.82, 2.24) is 9.38 Å². The fourth-order valence-corrected chi connectivity index (χ4v) is 4.21. The van der Waals surface area contributed by atoms with Crippen LogP contribution in [0.3, 0.4) is 0 Å². The monoisotopic (exact) mass is 309 g/mol. The van der Waals surface area contributed by atoms with E-state index in [4.69, 9.17) is 4.74 Å². The summed E-state index contributed by atoms with van der Waals surface area (Å²) in [6.07, 6.45) is 4.64. The first-order chi connectivity index (χ1) is 9.85. The van der Waals surface area contributed by atoms with Gasteiger partial charge >= 0.3 is 11.7 Å². The van der Waals surface area contributed by atoms with Gasteiger partial charge in [0.05, 0.1) is 0 Å². The van der Waals surface area contributed by atoms with Crippen LogP contribution < -0.4 is 4.74 Å². The third kappa shape index (κ3) is 2.74.